The summed E-state index contributed by atoms with van der Waals surface area (Å²) < 4.78 is 0. The van der Waals surface area contributed by atoms with E-state index in [2.05, 4.69) is 24.0 Å². The monoisotopic (exact) mass is 266 g/mol. The minimum atomic E-state index is 0.497. The fourth-order valence-corrected chi connectivity index (χ4v) is 3.16. The zero-order valence-electron chi connectivity index (χ0n) is 10.1. The lowest BCUT2D eigenvalue weighted by atomic mass is 10.1. The highest BCUT2D eigenvalue weighted by Gasteiger charge is 2.15. The lowest BCUT2D eigenvalue weighted by Gasteiger charge is -2.25. The van der Waals surface area contributed by atoms with Gasteiger partial charge in [0.1, 0.15) is 4.99 Å². The first kappa shape index (κ1) is 12.7. The quantitative estimate of drug-likeness (QED) is 0.833. The summed E-state index contributed by atoms with van der Waals surface area (Å²) in [6.07, 6.45) is 1.23. The Morgan fingerprint density at radius 2 is 2.18 bits per heavy atom. The number of hydrogen-bond acceptors (Lipinski definition) is 3. The molecule has 2 nitrogen and oxygen atoms in total. The van der Waals surface area contributed by atoms with E-state index in [0.29, 0.717) is 4.99 Å². The molecule has 0 aliphatic carbocycles. The van der Waals surface area contributed by atoms with Crippen molar-refractivity contribution in [1.82, 2.24) is 0 Å². The van der Waals surface area contributed by atoms with Crippen LogP contribution in [0.25, 0.3) is 0 Å². The molecule has 1 aliphatic rings. The average molecular weight is 266 g/mol. The van der Waals surface area contributed by atoms with Crippen molar-refractivity contribution in [3.05, 3.63) is 29.3 Å². The van der Waals surface area contributed by atoms with Crippen molar-refractivity contribution >= 4 is 34.7 Å². The highest BCUT2D eigenvalue weighted by molar-refractivity contribution is 7.99. The highest BCUT2D eigenvalue weighted by atomic mass is 32.2. The van der Waals surface area contributed by atoms with E-state index >= 15 is 0 Å². The van der Waals surface area contributed by atoms with Crippen molar-refractivity contribution in [3.63, 3.8) is 0 Å². The maximum Gasteiger partial charge on any atom is 0.106 e. The molecule has 17 heavy (non-hydrogen) atoms. The van der Waals surface area contributed by atoms with Gasteiger partial charge < -0.3 is 10.6 Å². The van der Waals surface area contributed by atoms with Crippen LogP contribution in [0.2, 0.25) is 0 Å². The molecule has 0 aromatic heterocycles. The van der Waals surface area contributed by atoms with E-state index < -0.39 is 0 Å². The van der Waals surface area contributed by atoms with Gasteiger partial charge in [-0.05, 0) is 36.8 Å². The fourth-order valence-electron chi connectivity index (χ4n) is 2.10. The van der Waals surface area contributed by atoms with Crippen molar-refractivity contribution in [2.75, 3.05) is 29.5 Å². The van der Waals surface area contributed by atoms with Crippen LogP contribution in [0.1, 0.15) is 17.5 Å². The van der Waals surface area contributed by atoms with Crippen LogP contribution in [0.5, 0.6) is 0 Å². The number of hydrogen-bond donors (Lipinski definition) is 1. The summed E-state index contributed by atoms with van der Waals surface area (Å²) in [5.74, 6) is 2.44. The molecule has 4 heteroatoms. The van der Waals surface area contributed by atoms with Gasteiger partial charge in [0, 0.05) is 30.1 Å². The molecule has 0 bridgehead atoms. The van der Waals surface area contributed by atoms with E-state index in [1.807, 2.05) is 17.8 Å². The van der Waals surface area contributed by atoms with Gasteiger partial charge in [-0.1, -0.05) is 18.3 Å². The van der Waals surface area contributed by atoms with E-state index in [0.717, 1.165) is 18.7 Å². The first-order valence-electron chi connectivity index (χ1n) is 5.91. The number of nitrogens with two attached hydrogens (primary N) is 1. The van der Waals surface area contributed by atoms with Gasteiger partial charge in [0.2, 0.25) is 0 Å². The van der Waals surface area contributed by atoms with E-state index in [1.54, 1.807) is 0 Å². The van der Waals surface area contributed by atoms with Crippen LogP contribution in [0.15, 0.2) is 18.2 Å². The Kier molecular flexibility index (Phi) is 4.29. The van der Waals surface area contributed by atoms with E-state index in [4.69, 9.17) is 18.0 Å². The number of thioether (sulfide) groups is 1. The minimum absolute atomic E-state index is 0.497. The molecule has 0 atom stereocenters. The van der Waals surface area contributed by atoms with Crippen molar-refractivity contribution in [2.45, 2.75) is 13.3 Å². The smallest absolute Gasteiger partial charge is 0.106 e. The van der Waals surface area contributed by atoms with Crippen LogP contribution in [-0.4, -0.2) is 29.6 Å². The molecule has 1 heterocycles. The molecular weight excluding hydrogens is 248 g/mol. The van der Waals surface area contributed by atoms with E-state index in [1.165, 1.54) is 29.2 Å². The van der Waals surface area contributed by atoms with E-state index in [9.17, 15) is 0 Å². The summed E-state index contributed by atoms with van der Waals surface area (Å²) >= 11 is 7.17. The number of nitrogens with zero attached hydrogens (tertiary/aromatic N) is 1. The Morgan fingerprint density at radius 1 is 1.35 bits per heavy atom. The summed E-state index contributed by atoms with van der Waals surface area (Å²) in [5, 5.41) is 0. The molecule has 2 N–H and O–H groups in total. The number of aryl methyl sites for hydroxylation is 1. The summed E-state index contributed by atoms with van der Waals surface area (Å²) in [6.45, 7) is 4.30. The second kappa shape index (κ2) is 5.74. The van der Waals surface area contributed by atoms with Gasteiger partial charge in [0.05, 0.1) is 0 Å². The Hall–Kier alpha value is -0.740. The van der Waals surface area contributed by atoms with Crippen LogP contribution < -0.4 is 10.6 Å². The first-order valence-corrected chi connectivity index (χ1v) is 7.48. The molecule has 0 spiro atoms. The van der Waals surface area contributed by atoms with Crippen LogP contribution in [0, 0.1) is 6.92 Å². The Bertz CT molecular complexity index is 410. The van der Waals surface area contributed by atoms with Gasteiger partial charge in [0.15, 0.2) is 0 Å². The Labute approximate surface area is 113 Å². The second-order valence-electron chi connectivity index (χ2n) is 4.34. The summed E-state index contributed by atoms with van der Waals surface area (Å²) in [7, 11) is 0. The molecule has 1 aromatic carbocycles. The zero-order valence-corrected chi connectivity index (χ0v) is 11.7. The molecule has 2 rings (SSSR count). The molecule has 1 fully saturated rings. The van der Waals surface area contributed by atoms with E-state index in [-0.39, 0.29) is 0 Å². The minimum Gasteiger partial charge on any atom is -0.389 e. The third-order valence-corrected chi connectivity index (χ3v) is 4.25. The van der Waals surface area contributed by atoms with Crippen molar-refractivity contribution in [1.29, 1.82) is 0 Å². The molecule has 0 unspecified atom stereocenters. The highest BCUT2D eigenvalue weighted by Crippen LogP contribution is 2.24. The van der Waals surface area contributed by atoms with Crippen molar-refractivity contribution in [3.8, 4) is 0 Å². The predicted octanol–water partition coefficient (Wildman–Crippen LogP) is 2.57. The topological polar surface area (TPSA) is 29.3 Å². The zero-order chi connectivity index (χ0) is 12.3. The lowest BCUT2D eigenvalue weighted by molar-refractivity contribution is 0.815. The van der Waals surface area contributed by atoms with Gasteiger partial charge in [0.25, 0.3) is 0 Å². The molecule has 92 valence electrons. The van der Waals surface area contributed by atoms with Crippen LogP contribution >= 0.6 is 24.0 Å². The number of thiocarbonyl (C=S) groups is 1. The third kappa shape index (κ3) is 3.13. The Morgan fingerprint density at radius 3 is 2.94 bits per heavy atom. The maximum atomic E-state index is 5.81. The lowest BCUT2D eigenvalue weighted by Crippen LogP contribution is -2.28. The molecule has 0 saturated carbocycles. The van der Waals surface area contributed by atoms with Crippen LogP contribution in [0.3, 0.4) is 0 Å². The number of rotatable bonds is 2. The van der Waals surface area contributed by atoms with Crippen LogP contribution in [-0.2, 0) is 0 Å². The molecule has 1 aromatic rings. The molecule has 0 radical (unpaired) electrons. The molecule has 1 aliphatic heterocycles. The second-order valence-corrected chi connectivity index (χ2v) is 6.00. The Balaban J connectivity index is 2.34. The molecule has 1 saturated heterocycles. The fraction of sp³-hybridized carbons (Fsp3) is 0.462. The summed E-state index contributed by atoms with van der Waals surface area (Å²) in [5.41, 5.74) is 9.29. The third-order valence-electron chi connectivity index (χ3n) is 2.98. The largest absolute Gasteiger partial charge is 0.389 e. The number of anilines is 1. The van der Waals surface area contributed by atoms with Gasteiger partial charge >= 0.3 is 0 Å². The average Bonchev–Trinajstić information content (AvgIpc) is 2.56. The van der Waals surface area contributed by atoms with Gasteiger partial charge in [-0.15, -0.1) is 0 Å². The molecular formula is C13H18N2S2. The summed E-state index contributed by atoms with van der Waals surface area (Å²) in [6, 6.07) is 6.32. The number of benzene rings is 1. The normalized spacial score (nSPS) is 16.6. The predicted molar refractivity (Wildman–Crippen MR) is 81.2 cm³/mol. The van der Waals surface area contributed by atoms with Crippen LogP contribution in [0.4, 0.5) is 5.69 Å². The first-order chi connectivity index (χ1) is 8.18. The summed E-state index contributed by atoms with van der Waals surface area (Å²) in [4.78, 5) is 2.92. The van der Waals surface area contributed by atoms with Gasteiger partial charge in [-0.25, -0.2) is 0 Å². The SMILES string of the molecule is Cc1ccc(C(N)=S)c(N2CCCSCC2)c1. The molecule has 0 amide bonds. The standard InChI is InChI=1S/C13H18N2S2/c1-10-3-4-11(13(14)16)12(9-10)15-5-2-7-17-8-6-15/h3-4,9H,2,5-8H2,1H3,(H2,14,16). The van der Waals surface area contributed by atoms with Gasteiger partial charge in [-0.2, -0.15) is 11.8 Å². The van der Waals surface area contributed by atoms with Crippen molar-refractivity contribution < 1.29 is 0 Å². The van der Waals surface area contributed by atoms with Gasteiger partial charge in [-0.3, -0.25) is 0 Å². The van der Waals surface area contributed by atoms with Crippen molar-refractivity contribution in [2.24, 2.45) is 5.73 Å². The maximum absolute atomic E-state index is 5.81.